The van der Waals surface area contributed by atoms with Crippen LogP contribution in [0.2, 0.25) is 0 Å². The first-order valence-corrected chi connectivity index (χ1v) is 7.89. The molecule has 1 N–H and O–H groups in total. The van der Waals surface area contributed by atoms with Crippen LogP contribution in [0, 0.1) is 11.7 Å². The number of nitrogens with one attached hydrogen (secondary N) is 1. The number of benzene rings is 1. The fraction of sp³-hybridized carbons (Fsp3) is 0.588. The van der Waals surface area contributed by atoms with Crippen molar-refractivity contribution in [3.05, 3.63) is 30.1 Å². The van der Waals surface area contributed by atoms with Crippen molar-refractivity contribution in [1.82, 2.24) is 5.32 Å². The maximum absolute atomic E-state index is 12.9. The molecule has 0 saturated heterocycles. The standard InChI is InChI=1S/C17H24FNO2/c18-15-7-3-8-16(13-15)21-12-4-9-17(20)19-11-10-14-5-1-2-6-14/h3,7-8,13-14H,1-2,4-6,9-12H2,(H,19,20). The van der Waals surface area contributed by atoms with Gasteiger partial charge in [0.2, 0.25) is 5.91 Å². The highest BCUT2D eigenvalue weighted by Gasteiger charge is 2.14. The zero-order chi connectivity index (χ0) is 14.9. The topological polar surface area (TPSA) is 38.3 Å². The Hall–Kier alpha value is -1.58. The summed E-state index contributed by atoms with van der Waals surface area (Å²) in [7, 11) is 0. The minimum atomic E-state index is -0.308. The van der Waals surface area contributed by atoms with Gasteiger partial charge in [0.25, 0.3) is 0 Å². The molecule has 116 valence electrons. The minimum absolute atomic E-state index is 0.0795. The Morgan fingerprint density at radius 1 is 1.33 bits per heavy atom. The molecule has 0 atom stereocenters. The van der Waals surface area contributed by atoms with Gasteiger partial charge in [0.15, 0.2) is 0 Å². The Kier molecular flexibility index (Phi) is 6.51. The zero-order valence-electron chi connectivity index (χ0n) is 12.4. The second-order valence-electron chi connectivity index (χ2n) is 5.70. The van der Waals surface area contributed by atoms with E-state index in [-0.39, 0.29) is 11.7 Å². The fourth-order valence-corrected chi connectivity index (χ4v) is 2.78. The molecule has 0 spiro atoms. The third-order valence-corrected chi connectivity index (χ3v) is 3.96. The van der Waals surface area contributed by atoms with Gasteiger partial charge in [0.1, 0.15) is 11.6 Å². The van der Waals surface area contributed by atoms with Gasteiger partial charge in [-0.2, -0.15) is 0 Å². The fourth-order valence-electron chi connectivity index (χ4n) is 2.78. The molecule has 1 aliphatic rings. The molecule has 1 fully saturated rings. The van der Waals surface area contributed by atoms with Crippen LogP contribution in [0.15, 0.2) is 24.3 Å². The van der Waals surface area contributed by atoms with Gasteiger partial charge in [0, 0.05) is 19.0 Å². The van der Waals surface area contributed by atoms with Crippen molar-refractivity contribution in [1.29, 1.82) is 0 Å². The Balaban J connectivity index is 1.50. The number of carbonyl (C=O) groups excluding carboxylic acids is 1. The highest BCUT2D eigenvalue weighted by Crippen LogP contribution is 2.26. The molecule has 0 bridgehead atoms. The number of halogens is 1. The molecule has 0 aromatic heterocycles. The Bertz CT molecular complexity index is 444. The summed E-state index contributed by atoms with van der Waals surface area (Å²) in [4.78, 5) is 11.7. The largest absolute Gasteiger partial charge is 0.493 e. The Labute approximate surface area is 125 Å². The number of amides is 1. The first-order chi connectivity index (χ1) is 10.2. The van der Waals surface area contributed by atoms with Crippen LogP contribution >= 0.6 is 0 Å². The second kappa shape index (κ2) is 8.65. The lowest BCUT2D eigenvalue weighted by Crippen LogP contribution is -2.25. The van der Waals surface area contributed by atoms with E-state index in [9.17, 15) is 9.18 Å². The molecule has 0 heterocycles. The first-order valence-electron chi connectivity index (χ1n) is 7.89. The SMILES string of the molecule is O=C(CCCOc1cccc(F)c1)NCCC1CCCC1. The first kappa shape index (κ1) is 15.8. The summed E-state index contributed by atoms with van der Waals surface area (Å²) in [5, 5.41) is 2.96. The summed E-state index contributed by atoms with van der Waals surface area (Å²) in [6.45, 7) is 1.22. The summed E-state index contributed by atoms with van der Waals surface area (Å²) in [5.41, 5.74) is 0. The molecule has 2 rings (SSSR count). The molecule has 0 aliphatic heterocycles. The number of hydrogen-bond acceptors (Lipinski definition) is 2. The van der Waals surface area contributed by atoms with Crippen LogP contribution in [0.1, 0.15) is 44.9 Å². The highest BCUT2D eigenvalue weighted by molar-refractivity contribution is 5.75. The van der Waals surface area contributed by atoms with E-state index in [0.29, 0.717) is 25.2 Å². The number of hydrogen-bond donors (Lipinski definition) is 1. The summed E-state index contributed by atoms with van der Waals surface area (Å²) >= 11 is 0. The van der Waals surface area contributed by atoms with Gasteiger partial charge in [0.05, 0.1) is 6.61 Å². The molecule has 1 amide bonds. The monoisotopic (exact) mass is 293 g/mol. The van der Waals surface area contributed by atoms with Crippen LogP contribution in [-0.4, -0.2) is 19.1 Å². The van der Waals surface area contributed by atoms with Crippen LogP contribution in [0.5, 0.6) is 5.75 Å². The van der Waals surface area contributed by atoms with Gasteiger partial charge in [-0.05, 0) is 30.9 Å². The normalized spacial score (nSPS) is 15.1. The predicted octanol–water partition coefficient (Wildman–Crippen LogP) is 3.68. The highest BCUT2D eigenvalue weighted by atomic mass is 19.1. The van der Waals surface area contributed by atoms with E-state index in [1.807, 2.05) is 0 Å². The van der Waals surface area contributed by atoms with E-state index in [0.717, 1.165) is 18.9 Å². The number of rotatable bonds is 8. The van der Waals surface area contributed by atoms with Crippen LogP contribution in [0.4, 0.5) is 4.39 Å². The molecule has 0 radical (unpaired) electrons. The summed E-state index contributed by atoms with van der Waals surface area (Å²) in [5.74, 6) is 1.09. The van der Waals surface area contributed by atoms with Gasteiger partial charge in [-0.15, -0.1) is 0 Å². The summed E-state index contributed by atoms with van der Waals surface area (Å²) in [6.07, 6.45) is 7.53. The van der Waals surface area contributed by atoms with Crippen molar-refractivity contribution < 1.29 is 13.9 Å². The number of carbonyl (C=O) groups is 1. The van der Waals surface area contributed by atoms with E-state index in [4.69, 9.17) is 4.74 Å². The maximum atomic E-state index is 12.9. The Morgan fingerprint density at radius 2 is 2.14 bits per heavy atom. The van der Waals surface area contributed by atoms with E-state index in [1.165, 1.54) is 37.8 Å². The lowest BCUT2D eigenvalue weighted by Gasteiger charge is -2.10. The van der Waals surface area contributed by atoms with E-state index >= 15 is 0 Å². The van der Waals surface area contributed by atoms with Gasteiger partial charge in [-0.25, -0.2) is 4.39 Å². The molecule has 0 unspecified atom stereocenters. The van der Waals surface area contributed by atoms with Crippen molar-refractivity contribution in [2.75, 3.05) is 13.2 Å². The van der Waals surface area contributed by atoms with Crippen molar-refractivity contribution in [3.8, 4) is 5.75 Å². The lowest BCUT2D eigenvalue weighted by molar-refractivity contribution is -0.121. The molecule has 21 heavy (non-hydrogen) atoms. The molecule has 1 aromatic carbocycles. The van der Waals surface area contributed by atoms with E-state index in [1.54, 1.807) is 12.1 Å². The van der Waals surface area contributed by atoms with Crippen LogP contribution in [-0.2, 0) is 4.79 Å². The smallest absolute Gasteiger partial charge is 0.220 e. The molecule has 3 nitrogen and oxygen atoms in total. The quantitative estimate of drug-likeness (QED) is 0.742. The molecule has 4 heteroatoms. The molecule has 1 aromatic rings. The van der Waals surface area contributed by atoms with Crippen LogP contribution in [0.25, 0.3) is 0 Å². The van der Waals surface area contributed by atoms with Crippen molar-refractivity contribution >= 4 is 5.91 Å². The van der Waals surface area contributed by atoms with Gasteiger partial charge in [-0.3, -0.25) is 4.79 Å². The molecule has 1 saturated carbocycles. The zero-order valence-corrected chi connectivity index (χ0v) is 12.4. The number of ether oxygens (including phenoxy) is 1. The second-order valence-corrected chi connectivity index (χ2v) is 5.70. The average Bonchev–Trinajstić information content (AvgIpc) is 2.97. The molecular formula is C17H24FNO2. The third-order valence-electron chi connectivity index (χ3n) is 3.96. The summed E-state index contributed by atoms with van der Waals surface area (Å²) in [6, 6.07) is 6.05. The lowest BCUT2D eigenvalue weighted by atomic mass is 10.0. The predicted molar refractivity (Wildman–Crippen MR) is 80.7 cm³/mol. The van der Waals surface area contributed by atoms with Crippen LogP contribution in [0.3, 0.4) is 0 Å². The minimum Gasteiger partial charge on any atom is -0.493 e. The van der Waals surface area contributed by atoms with Crippen LogP contribution < -0.4 is 10.1 Å². The van der Waals surface area contributed by atoms with Gasteiger partial charge >= 0.3 is 0 Å². The molecular weight excluding hydrogens is 269 g/mol. The van der Waals surface area contributed by atoms with E-state index < -0.39 is 0 Å². The summed E-state index contributed by atoms with van der Waals surface area (Å²) < 4.78 is 18.3. The maximum Gasteiger partial charge on any atom is 0.220 e. The average molecular weight is 293 g/mol. The van der Waals surface area contributed by atoms with Gasteiger partial charge < -0.3 is 10.1 Å². The molecule has 1 aliphatic carbocycles. The van der Waals surface area contributed by atoms with Gasteiger partial charge in [-0.1, -0.05) is 31.7 Å². The van der Waals surface area contributed by atoms with Crippen molar-refractivity contribution in [2.24, 2.45) is 5.92 Å². The Morgan fingerprint density at radius 3 is 2.90 bits per heavy atom. The van der Waals surface area contributed by atoms with Crippen molar-refractivity contribution in [2.45, 2.75) is 44.9 Å². The third kappa shape index (κ3) is 6.15. The van der Waals surface area contributed by atoms with E-state index in [2.05, 4.69) is 5.32 Å². The van der Waals surface area contributed by atoms with Crippen molar-refractivity contribution in [3.63, 3.8) is 0 Å².